The van der Waals surface area contributed by atoms with E-state index in [1.807, 2.05) is 6.08 Å². The summed E-state index contributed by atoms with van der Waals surface area (Å²) >= 11 is 0. The van der Waals surface area contributed by atoms with Gasteiger partial charge in [-0.15, -0.1) is 5.73 Å². The van der Waals surface area contributed by atoms with E-state index in [0.717, 1.165) is 44.9 Å². The van der Waals surface area contributed by atoms with Crippen LogP contribution >= 0.6 is 0 Å². The number of carbonyl (C=O) groups excluding carboxylic acids is 2. The lowest BCUT2D eigenvalue weighted by Gasteiger charge is -2.56. The van der Waals surface area contributed by atoms with Crippen LogP contribution in [-0.4, -0.2) is 11.6 Å². The Kier molecular flexibility index (Phi) is 3.32. The summed E-state index contributed by atoms with van der Waals surface area (Å²) < 4.78 is 0. The Morgan fingerprint density at radius 1 is 1.13 bits per heavy atom. The third-order valence-electron chi connectivity index (χ3n) is 7.63. The normalized spacial score (nSPS) is 45.4. The molecule has 4 aliphatic carbocycles. The van der Waals surface area contributed by atoms with Crippen LogP contribution in [0.2, 0.25) is 0 Å². The van der Waals surface area contributed by atoms with E-state index < -0.39 is 0 Å². The number of allylic oxidation sites excluding steroid dienone is 2. The summed E-state index contributed by atoms with van der Waals surface area (Å²) in [4.78, 5) is 24.4. The van der Waals surface area contributed by atoms with E-state index >= 15 is 0 Å². The monoisotopic (exact) mass is 310 g/mol. The van der Waals surface area contributed by atoms with Crippen molar-refractivity contribution in [3.05, 3.63) is 30.0 Å². The molecule has 0 aromatic carbocycles. The molecule has 0 aliphatic heterocycles. The van der Waals surface area contributed by atoms with Gasteiger partial charge in [0.25, 0.3) is 0 Å². The molecule has 5 atom stereocenters. The highest BCUT2D eigenvalue weighted by Crippen LogP contribution is 2.64. The summed E-state index contributed by atoms with van der Waals surface area (Å²) in [7, 11) is 0. The Hall–Kier alpha value is -1.40. The summed E-state index contributed by atoms with van der Waals surface area (Å²) in [6.45, 7) is 6.06. The summed E-state index contributed by atoms with van der Waals surface area (Å²) in [5.74, 6) is 2.50. The second-order valence-corrected chi connectivity index (χ2v) is 8.36. The lowest BCUT2D eigenvalue weighted by Crippen LogP contribution is -2.51. The predicted octanol–water partition coefficient (Wildman–Crippen LogP) is 4.41. The molecule has 23 heavy (non-hydrogen) atoms. The van der Waals surface area contributed by atoms with Crippen LogP contribution in [0.1, 0.15) is 58.3 Å². The van der Waals surface area contributed by atoms with Crippen molar-refractivity contribution in [1.29, 1.82) is 0 Å². The lowest BCUT2D eigenvalue weighted by molar-refractivity contribution is -0.132. The first-order chi connectivity index (χ1) is 11.0. The van der Waals surface area contributed by atoms with Crippen molar-refractivity contribution in [1.82, 2.24) is 0 Å². The molecule has 3 fully saturated rings. The van der Waals surface area contributed by atoms with Crippen LogP contribution in [-0.2, 0) is 9.59 Å². The number of fused-ring (bicyclic) bond motifs is 5. The van der Waals surface area contributed by atoms with E-state index in [1.54, 1.807) is 0 Å². The number of ketones is 2. The van der Waals surface area contributed by atoms with E-state index in [0.29, 0.717) is 30.0 Å². The van der Waals surface area contributed by atoms with Crippen LogP contribution in [0, 0.1) is 28.6 Å². The molecule has 0 spiro atoms. The number of hydrogen-bond acceptors (Lipinski definition) is 2. The van der Waals surface area contributed by atoms with Crippen molar-refractivity contribution in [2.45, 2.75) is 58.3 Å². The van der Waals surface area contributed by atoms with Crippen LogP contribution in [0.15, 0.2) is 30.0 Å². The maximum absolute atomic E-state index is 12.4. The zero-order valence-electron chi connectivity index (χ0n) is 14.1. The van der Waals surface area contributed by atoms with Gasteiger partial charge in [0.1, 0.15) is 5.78 Å². The third kappa shape index (κ3) is 1.94. The van der Waals surface area contributed by atoms with Gasteiger partial charge in [-0.25, -0.2) is 0 Å². The van der Waals surface area contributed by atoms with E-state index in [4.69, 9.17) is 0 Å². The van der Waals surface area contributed by atoms with Crippen LogP contribution < -0.4 is 0 Å². The zero-order valence-corrected chi connectivity index (χ0v) is 14.1. The molecule has 0 aromatic rings. The van der Waals surface area contributed by atoms with Gasteiger partial charge >= 0.3 is 0 Å². The molecule has 0 saturated heterocycles. The molecular weight excluding hydrogens is 284 g/mol. The molecule has 0 N–H and O–H groups in total. The minimum atomic E-state index is -0.0774. The van der Waals surface area contributed by atoms with Gasteiger partial charge in [0.15, 0.2) is 5.78 Å². The topological polar surface area (TPSA) is 34.1 Å². The first-order valence-electron chi connectivity index (χ1n) is 9.15. The second kappa shape index (κ2) is 5.05. The maximum Gasteiger partial charge on any atom is 0.155 e. The van der Waals surface area contributed by atoms with Gasteiger partial charge in [0, 0.05) is 23.7 Å². The summed E-state index contributed by atoms with van der Waals surface area (Å²) in [5, 5.41) is 0. The van der Waals surface area contributed by atoms with Gasteiger partial charge < -0.3 is 0 Å². The molecule has 0 bridgehead atoms. The fourth-order valence-electron chi connectivity index (χ4n) is 6.50. The van der Waals surface area contributed by atoms with Crippen molar-refractivity contribution in [2.75, 3.05) is 0 Å². The number of hydrogen-bond donors (Lipinski definition) is 0. The third-order valence-corrected chi connectivity index (χ3v) is 7.63. The summed E-state index contributed by atoms with van der Waals surface area (Å²) in [6, 6.07) is 0. The Labute approximate surface area is 138 Å². The van der Waals surface area contributed by atoms with E-state index in [2.05, 4.69) is 25.3 Å². The van der Waals surface area contributed by atoms with Gasteiger partial charge in [0.2, 0.25) is 0 Å². The van der Waals surface area contributed by atoms with Crippen molar-refractivity contribution in [3.63, 3.8) is 0 Å². The molecule has 122 valence electrons. The molecule has 2 nitrogen and oxygen atoms in total. The fraction of sp³-hybridized carbons (Fsp3) is 0.667. The molecule has 0 amide bonds. The molecule has 2 heteroatoms. The molecule has 4 aliphatic rings. The van der Waals surface area contributed by atoms with Crippen LogP contribution in [0.3, 0.4) is 0 Å². The Bertz CT molecular complexity index is 651. The number of Topliss-reactive ketones (excluding diaryl/α,β-unsaturated/α-hetero) is 1. The maximum atomic E-state index is 12.4. The average Bonchev–Trinajstić information content (AvgIpc) is 2.84. The highest BCUT2D eigenvalue weighted by Gasteiger charge is 2.59. The number of rotatable bonds is 1. The van der Waals surface area contributed by atoms with E-state index in [1.165, 1.54) is 5.57 Å². The summed E-state index contributed by atoms with van der Waals surface area (Å²) in [6.07, 6.45) is 11.8. The van der Waals surface area contributed by atoms with Crippen molar-refractivity contribution in [3.8, 4) is 0 Å². The first-order valence-corrected chi connectivity index (χ1v) is 9.15. The Morgan fingerprint density at radius 2 is 1.96 bits per heavy atom. The Morgan fingerprint density at radius 3 is 2.74 bits per heavy atom. The van der Waals surface area contributed by atoms with Crippen molar-refractivity contribution < 1.29 is 9.59 Å². The van der Waals surface area contributed by atoms with Crippen molar-refractivity contribution in [2.24, 2.45) is 28.6 Å². The van der Waals surface area contributed by atoms with Crippen LogP contribution in [0.25, 0.3) is 0 Å². The van der Waals surface area contributed by atoms with E-state index in [9.17, 15) is 9.59 Å². The van der Waals surface area contributed by atoms with Gasteiger partial charge in [-0.2, -0.15) is 0 Å². The molecule has 0 aromatic heterocycles. The minimum absolute atomic E-state index is 0.00839. The SMILES string of the molecule is C=C=CC12CCC(=O)C=C1CC[C@@H]1[C@@H]2CC[C@]2(C)C(=O)CC[C@@H]12. The molecular formula is C21H26O2. The highest BCUT2D eigenvalue weighted by molar-refractivity contribution is 5.92. The quantitative estimate of drug-likeness (QED) is 0.672. The van der Waals surface area contributed by atoms with Gasteiger partial charge in [-0.3, -0.25) is 9.59 Å². The smallest absolute Gasteiger partial charge is 0.155 e. The van der Waals surface area contributed by atoms with Gasteiger partial charge in [-0.05, 0) is 68.4 Å². The zero-order chi connectivity index (χ0) is 16.2. The standard InChI is InChI=1S/C21H26O2/c1-3-10-21-12-8-15(22)13-14(21)4-5-16-17-6-7-19(23)20(17,2)11-9-18(16)21/h10,13,16-18H,1,4-9,11-12H2,2H3/t16-,17-,18-,20-,21?/m0/s1. The lowest BCUT2D eigenvalue weighted by atomic mass is 9.47. The van der Waals surface area contributed by atoms with E-state index in [-0.39, 0.29) is 16.6 Å². The van der Waals surface area contributed by atoms with Gasteiger partial charge in [0.05, 0.1) is 0 Å². The first kappa shape index (κ1) is 15.1. The van der Waals surface area contributed by atoms with Crippen LogP contribution in [0.5, 0.6) is 0 Å². The number of carbonyl (C=O) groups is 2. The molecule has 1 unspecified atom stereocenters. The molecule has 4 rings (SSSR count). The summed E-state index contributed by atoms with van der Waals surface area (Å²) in [5.41, 5.74) is 4.29. The molecule has 0 heterocycles. The Balaban J connectivity index is 1.77. The largest absolute Gasteiger partial charge is 0.299 e. The molecule has 0 radical (unpaired) electrons. The van der Waals surface area contributed by atoms with Gasteiger partial charge in [-0.1, -0.05) is 19.1 Å². The predicted molar refractivity (Wildman–Crippen MR) is 89.8 cm³/mol. The fourth-order valence-corrected chi connectivity index (χ4v) is 6.50. The highest BCUT2D eigenvalue weighted by atomic mass is 16.1. The molecule has 3 saturated carbocycles. The second-order valence-electron chi connectivity index (χ2n) is 8.36. The van der Waals surface area contributed by atoms with Crippen LogP contribution in [0.4, 0.5) is 0 Å². The average molecular weight is 310 g/mol. The minimum Gasteiger partial charge on any atom is -0.299 e. The van der Waals surface area contributed by atoms with Crippen molar-refractivity contribution >= 4 is 11.6 Å².